The molecule has 0 saturated heterocycles. The van der Waals surface area contributed by atoms with Crippen molar-refractivity contribution in [1.82, 2.24) is 15.2 Å². The fourth-order valence-corrected chi connectivity index (χ4v) is 0.998. The van der Waals surface area contributed by atoms with E-state index < -0.39 is 5.41 Å². The van der Waals surface area contributed by atoms with Crippen molar-refractivity contribution in [3.63, 3.8) is 0 Å². The Morgan fingerprint density at radius 1 is 1.73 bits per heavy atom. The number of nitrogens with two attached hydrogens (primary N) is 1. The molecule has 1 heterocycles. The van der Waals surface area contributed by atoms with Gasteiger partial charge in [0.2, 0.25) is 5.91 Å². The molecule has 1 amide bonds. The molecule has 84 valence electrons. The molecule has 1 rings (SSSR count). The van der Waals surface area contributed by atoms with Crippen LogP contribution in [0.25, 0.3) is 0 Å². The maximum atomic E-state index is 11.3. The fourth-order valence-electron chi connectivity index (χ4n) is 0.998. The summed E-state index contributed by atoms with van der Waals surface area (Å²) in [6.45, 7) is 3.76. The molecule has 0 aliphatic rings. The van der Waals surface area contributed by atoms with Gasteiger partial charge in [-0.2, -0.15) is 5.10 Å². The summed E-state index contributed by atoms with van der Waals surface area (Å²) in [5.74, 6) is 5.44. The van der Waals surface area contributed by atoms with Gasteiger partial charge in [-0.1, -0.05) is 0 Å². The van der Waals surface area contributed by atoms with Crippen LogP contribution in [0.3, 0.4) is 0 Å². The first kappa shape index (κ1) is 11.5. The van der Waals surface area contributed by atoms with Gasteiger partial charge in [-0.15, -0.1) is 0 Å². The van der Waals surface area contributed by atoms with E-state index >= 15 is 0 Å². The van der Waals surface area contributed by atoms with Gasteiger partial charge in [-0.25, -0.2) is 5.84 Å². The van der Waals surface area contributed by atoms with E-state index in [-0.39, 0.29) is 12.5 Å². The Balaban J connectivity index is 2.53. The van der Waals surface area contributed by atoms with Crippen LogP contribution in [0.4, 0.5) is 0 Å². The van der Waals surface area contributed by atoms with E-state index in [0.717, 1.165) is 0 Å². The minimum atomic E-state index is -0.662. The zero-order valence-electron chi connectivity index (χ0n) is 9.15. The van der Waals surface area contributed by atoms with E-state index in [9.17, 15) is 4.79 Å². The molecule has 0 radical (unpaired) electrons. The number of nitrogens with zero attached hydrogens (tertiary/aromatic N) is 2. The quantitative estimate of drug-likeness (QED) is 0.412. The van der Waals surface area contributed by atoms with Gasteiger partial charge < -0.3 is 4.74 Å². The number of rotatable bonds is 4. The van der Waals surface area contributed by atoms with Crippen LogP contribution in [-0.4, -0.2) is 22.3 Å². The van der Waals surface area contributed by atoms with Crippen LogP contribution in [0.5, 0.6) is 5.75 Å². The molecular weight excluding hydrogens is 196 g/mol. The van der Waals surface area contributed by atoms with E-state index in [1.54, 1.807) is 38.0 Å². The third-order valence-corrected chi connectivity index (χ3v) is 2.03. The third kappa shape index (κ3) is 2.95. The summed E-state index contributed by atoms with van der Waals surface area (Å²) < 4.78 is 7.05. The summed E-state index contributed by atoms with van der Waals surface area (Å²) in [6.07, 6.45) is 3.33. The summed E-state index contributed by atoms with van der Waals surface area (Å²) in [5, 5.41) is 3.95. The first-order chi connectivity index (χ1) is 6.95. The largest absolute Gasteiger partial charge is 0.489 e. The van der Waals surface area contributed by atoms with Gasteiger partial charge in [0.25, 0.3) is 0 Å². The molecule has 0 spiro atoms. The molecule has 0 unspecified atom stereocenters. The summed E-state index contributed by atoms with van der Waals surface area (Å²) >= 11 is 0. The molecule has 15 heavy (non-hydrogen) atoms. The Hall–Kier alpha value is -1.56. The van der Waals surface area contributed by atoms with E-state index in [2.05, 4.69) is 10.5 Å². The Labute approximate surface area is 88.4 Å². The molecule has 0 fully saturated rings. The van der Waals surface area contributed by atoms with Crippen LogP contribution in [0.2, 0.25) is 0 Å². The molecular formula is C9H16N4O2. The zero-order chi connectivity index (χ0) is 11.5. The molecule has 3 N–H and O–H groups in total. The molecule has 0 aliphatic heterocycles. The van der Waals surface area contributed by atoms with E-state index in [1.165, 1.54) is 0 Å². The second kappa shape index (κ2) is 4.31. The average molecular weight is 212 g/mol. The molecule has 1 aromatic rings. The number of hydrazine groups is 1. The first-order valence-corrected chi connectivity index (χ1v) is 4.58. The smallest absolute Gasteiger partial charge is 0.242 e. The molecule has 1 aromatic heterocycles. The van der Waals surface area contributed by atoms with Crippen molar-refractivity contribution < 1.29 is 9.53 Å². The fraction of sp³-hybridized carbons (Fsp3) is 0.556. The summed E-state index contributed by atoms with van der Waals surface area (Å²) in [7, 11) is 1.80. The Morgan fingerprint density at radius 2 is 2.40 bits per heavy atom. The van der Waals surface area contributed by atoms with E-state index in [0.29, 0.717) is 5.75 Å². The standard InChI is InChI=1S/C9H16N4O2/c1-9(2,8(14)12-10)6-15-7-4-11-13(3)5-7/h4-5H,6,10H2,1-3H3,(H,12,14). The van der Waals surface area contributed by atoms with E-state index in [4.69, 9.17) is 10.6 Å². The maximum absolute atomic E-state index is 11.3. The minimum absolute atomic E-state index is 0.252. The van der Waals surface area contributed by atoms with Crippen molar-refractivity contribution in [2.75, 3.05) is 6.61 Å². The monoisotopic (exact) mass is 212 g/mol. The van der Waals surface area contributed by atoms with Crippen LogP contribution in [0.15, 0.2) is 12.4 Å². The highest BCUT2D eigenvalue weighted by Gasteiger charge is 2.28. The van der Waals surface area contributed by atoms with Gasteiger partial charge in [0.1, 0.15) is 6.61 Å². The topological polar surface area (TPSA) is 82.2 Å². The van der Waals surface area contributed by atoms with Crippen molar-refractivity contribution >= 4 is 5.91 Å². The number of amides is 1. The third-order valence-electron chi connectivity index (χ3n) is 2.03. The number of hydrogen-bond acceptors (Lipinski definition) is 4. The maximum Gasteiger partial charge on any atom is 0.242 e. The lowest BCUT2D eigenvalue weighted by atomic mass is 9.94. The second-order valence-corrected chi connectivity index (χ2v) is 4.00. The molecule has 0 aromatic carbocycles. The van der Waals surface area contributed by atoms with Crippen molar-refractivity contribution in [2.24, 2.45) is 18.3 Å². The van der Waals surface area contributed by atoms with Crippen molar-refractivity contribution in [3.05, 3.63) is 12.4 Å². The molecule has 0 bridgehead atoms. The van der Waals surface area contributed by atoms with Gasteiger partial charge in [0, 0.05) is 7.05 Å². The SMILES string of the molecule is Cn1cc(OCC(C)(C)C(=O)NN)cn1. The predicted octanol–water partition coefficient (Wildman–Crippen LogP) is -0.185. The lowest BCUT2D eigenvalue weighted by molar-refractivity contribution is -0.130. The summed E-state index contributed by atoms with van der Waals surface area (Å²) in [6, 6.07) is 0. The molecule has 0 atom stereocenters. The lowest BCUT2D eigenvalue weighted by Crippen LogP contribution is -2.44. The Bertz CT molecular complexity index is 346. The minimum Gasteiger partial charge on any atom is -0.489 e. The second-order valence-electron chi connectivity index (χ2n) is 4.00. The highest BCUT2D eigenvalue weighted by atomic mass is 16.5. The highest BCUT2D eigenvalue weighted by molar-refractivity contribution is 5.81. The molecule has 6 heteroatoms. The van der Waals surface area contributed by atoms with Crippen LogP contribution in [0.1, 0.15) is 13.8 Å². The van der Waals surface area contributed by atoms with Gasteiger partial charge >= 0.3 is 0 Å². The van der Waals surface area contributed by atoms with Gasteiger partial charge in [0.05, 0.1) is 17.8 Å². The number of carbonyl (C=O) groups is 1. The lowest BCUT2D eigenvalue weighted by Gasteiger charge is -2.21. The van der Waals surface area contributed by atoms with Crippen LogP contribution in [-0.2, 0) is 11.8 Å². The normalized spacial score (nSPS) is 11.2. The number of carbonyl (C=O) groups excluding carboxylic acids is 1. The van der Waals surface area contributed by atoms with Gasteiger partial charge in [-0.05, 0) is 13.8 Å². The van der Waals surface area contributed by atoms with Crippen molar-refractivity contribution in [3.8, 4) is 5.75 Å². The number of aromatic nitrogens is 2. The van der Waals surface area contributed by atoms with E-state index in [1.807, 2.05) is 0 Å². The number of aryl methyl sites for hydroxylation is 1. The van der Waals surface area contributed by atoms with Gasteiger partial charge in [0.15, 0.2) is 5.75 Å². The van der Waals surface area contributed by atoms with Crippen molar-refractivity contribution in [1.29, 1.82) is 0 Å². The summed E-state index contributed by atoms with van der Waals surface area (Å²) in [5.41, 5.74) is 1.44. The zero-order valence-corrected chi connectivity index (χ0v) is 9.15. The first-order valence-electron chi connectivity index (χ1n) is 4.58. The van der Waals surface area contributed by atoms with Crippen LogP contribution in [0, 0.1) is 5.41 Å². The number of ether oxygens (including phenoxy) is 1. The molecule has 6 nitrogen and oxygen atoms in total. The van der Waals surface area contributed by atoms with Crippen LogP contribution >= 0.6 is 0 Å². The van der Waals surface area contributed by atoms with Gasteiger partial charge in [-0.3, -0.25) is 14.9 Å². The predicted molar refractivity (Wildman–Crippen MR) is 54.8 cm³/mol. The number of hydrogen-bond donors (Lipinski definition) is 2. The Morgan fingerprint density at radius 3 is 2.87 bits per heavy atom. The molecule has 0 saturated carbocycles. The average Bonchev–Trinajstić information content (AvgIpc) is 2.60. The molecule has 0 aliphatic carbocycles. The summed E-state index contributed by atoms with van der Waals surface area (Å²) in [4.78, 5) is 11.3. The highest BCUT2D eigenvalue weighted by Crippen LogP contribution is 2.17. The van der Waals surface area contributed by atoms with Crippen LogP contribution < -0.4 is 16.0 Å². The number of nitrogens with one attached hydrogen (secondary N) is 1. The Kier molecular flexibility index (Phi) is 3.31. The van der Waals surface area contributed by atoms with Crippen molar-refractivity contribution in [2.45, 2.75) is 13.8 Å².